The van der Waals surface area contributed by atoms with Crippen LogP contribution in [0.15, 0.2) is 48.8 Å². The molecule has 0 fully saturated rings. The van der Waals surface area contributed by atoms with Gasteiger partial charge in [0.05, 0.1) is 0 Å². The van der Waals surface area contributed by atoms with Crippen molar-refractivity contribution in [3.05, 3.63) is 59.9 Å². The van der Waals surface area contributed by atoms with Gasteiger partial charge in [0.1, 0.15) is 6.61 Å². The summed E-state index contributed by atoms with van der Waals surface area (Å²) < 4.78 is 5.07. The first kappa shape index (κ1) is 14.5. The molecule has 0 radical (unpaired) electrons. The smallest absolute Gasteiger partial charge is 0.407 e. The largest absolute Gasteiger partial charge is 0.445 e. The lowest BCUT2D eigenvalue weighted by Gasteiger charge is -2.05. The van der Waals surface area contributed by atoms with Gasteiger partial charge >= 0.3 is 6.09 Å². The summed E-state index contributed by atoms with van der Waals surface area (Å²) >= 11 is 0. The first-order valence-electron chi connectivity index (χ1n) is 6.42. The van der Waals surface area contributed by atoms with Gasteiger partial charge in [-0.3, -0.25) is 0 Å². The zero-order valence-electron chi connectivity index (χ0n) is 11.4. The molecule has 1 heterocycles. The molecule has 3 N–H and O–H groups in total. The predicted molar refractivity (Wildman–Crippen MR) is 80.1 cm³/mol. The predicted octanol–water partition coefficient (Wildman–Crippen LogP) is 2.00. The van der Waals surface area contributed by atoms with E-state index in [0.717, 1.165) is 11.1 Å². The molecule has 0 bridgehead atoms. The number of hydrogen-bond acceptors (Lipinski definition) is 5. The normalized spacial score (nSPS) is 10.5. The summed E-state index contributed by atoms with van der Waals surface area (Å²) in [6.07, 6.45) is 6.31. The Labute approximate surface area is 122 Å². The highest BCUT2D eigenvalue weighted by atomic mass is 16.5. The van der Waals surface area contributed by atoms with Crippen LogP contribution in [0, 0.1) is 0 Å². The molecular formula is C15H16N4O2. The molecule has 21 heavy (non-hydrogen) atoms. The van der Waals surface area contributed by atoms with Crippen LogP contribution >= 0.6 is 0 Å². The van der Waals surface area contributed by atoms with E-state index < -0.39 is 6.09 Å². The Kier molecular flexibility index (Phi) is 5.28. The van der Waals surface area contributed by atoms with Crippen molar-refractivity contribution in [1.29, 1.82) is 0 Å². The average Bonchev–Trinajstić information content (AvgIpc) is 2.52. The Morgan fingerprint density at radius 3 is 2.67 bits per heavy atom. The minimum atomic E-state index is -0.461. The number of aromatic nitrogens is 2. The maximum absolute atomic E-state index is 11.5. The van der Waals surface area contributed by atoms with Crippen molar-refractivity contribution in [2.75, 3.05) is 12.3 Å². The number of nitrogens with two attached hydrogens (primary N) is 1. The summed E-state index contributed by atoms with van der Waals surface area (Å²) in [6, 6.07) is 9.50. The number of carbonyl (C=O) groups excluding carboxylic acids is 1. The van der Waals surface area contributed by atoms with Gasteiger partial charge in [0.15, 0.2) is 0 Å². The molecule has 108 valence electrons. The fourth-order valence-electron chi connectivity index (χ4n) is 1.55. The molecule has 0 unspecified atom stereocenters. The maximum atomic E-state index is 11.5. The second-order valence-electron chi connectivity index (χ2n) is 4.22. The second kappa shape index (κ2) is 7.64. The number of ether oxygens (including phenoxy) is 1. The first-order valence-corrected chi connectivity index (χ1v) is 6.42. The van der Waals surface area contributed by atoms with Crippen molar-refractivity contribution in [3.63, 3.8) is 0 Å². The van der Waals surface area contributed by atoms with Gasteiger partial charge in [-0.1, -0.05) is 42.5 Å². The number of anilines is 1. The summed E-state index contributed by atoms with van der Waals surface area (Å²) in [7, 11) is 0. The number of nitrogens with zero attached hydrogens (tertiary/aromatic N) is 2. The zero-order valence-corrected chi connectivity index (χ0v) is 11.4. The van der Waals surface area contributed by atoms with Gasteiger partial charge in [-0.05, 0) is 5.56 Å². The van der Waals surface area contributed by atoms with Crippen LogP contribution in [0.1, 0.15) is 11.1 Å². The lowest BCUT2D eigenvalue weighted by Crippen LogP contribution is -2.24. The first-order chi connectivity index (χ1) is 10.2. The van der Waals surface area contributed by atoms with E-state index in [4.69, 9.17) is 10.5 Å². The number of alkyl carbamates (subject to hydrolysis) is 1. The lowest BCUT2D eigenvalue weighted by atomic mass is 10.2. The molecule has 0 saturated carbocycles. The molecule has 0 aliphatic heterocycles. The molecule has 0 spiro atoms. The van der Waals surface area contributed by atoms with Crippen LogP contribution < -0.4 is 11.1 Å². The van der Waals surface area contributed by atoms with Crippen molar-refractivity contribution in [1.82, 2.24) is 15.3 Å². The number of rotatable bonds is 5. The van der Waals surface area contributed by atoms with Gasteiger partial charge in [-0.15, -0.1) is 0 Å². The van der Waals surface area contributed by atoms with Crippen molar-refractivity contribution in [2.24, 2.45) is 0 Å². The van der Waals surface area contributed by atoms with Gasteiger partial charge in [0, 0.05) is 24.5 Å². The van der Waals surface area contributed by atoms with Gasteiger partial charge in [-0.2, -0.15) is 0 Å². The molecule has 1 amide bonds. The summed E-state index contributed by atoms with van der Waals surface area (Å²) in [5, 5.41) is 2.62. The Morgan fingerprint density at radius 2 is 1.95 bits per heavy atom. The second-order valence-corrected chi connectivity index (χ2v) is 4.22. The molecule has 2 rings (SSSR count). The third kappa shape index (κ3) is 5.32. The molecule has 1 aromatic carbocycles. The molecule has 0 atom stereocenters. The zero-order chi connectivity index (χ0) is 14.9. The Bertz CT molecular complexity index is 597. The van der Waals surface area contributed by atoms with E-state index in [1.165, 1.54) is 0 Å². The average molecular weight is 284 g/mol. The fraction of sp³-hybridized carbons (Fsp3) is 0.133. The van der Waals surface area contributed by atoms with E-state index in [1.54, 1.807) is 24.5 Å². The topological polar surface area (TPSA) is 90.1 Å². The molecule has 6 heteroatoms. The number of amides is 1. The molecule has 0 aliphatic carbocycles. The standard InChI is InChI=1S/C15H16N4O2/c16-14-18-9-13(10-19-14)7-4-8-17-15(20)21-11-12-5-2-1-3-6-12/h1-7,9-10H,8,11H2,(H,17,20)(H2,16,18,19). The molecule has 6 nitrogen and oxygen atoms in total. The minimum Gasteiger partial charge on any atom is -0.445 e. The van der Waals surface area contributed by atoms with Crippen molar-refractivity contribution in [2.45, 2.75) is 6.61 Å². The minimum absolute atomic E-state index is 0.231. The number of carbonyl (C=O) groups is 1. The van der Waals surface area contributed by atoms with Crippen molar-refractivity contribution >= 4 is 18.1 Å². The SMILES string of the molecule is Nc1ncc(C=CCNC(=O)OCc2ccccc2)cn1. The van der Waals surface area contributed by atoms with Crippen LogP contribution in [0.5, 0.6) is 0 Å². The van der Waals surface area contributed by atoms with E-state index in [0.29, 0.717) is 6.54 Å². The van der Waals surface area contributed by atoms with Gasteiger partial charge in [0.2, 0.25) is 5.95 Å². The number of benzene rings is 1. The summed E-state index contributed by atoms with van der Waals surface area (Å²) in [4.78, 5) is 19.2. The fourth-order valence-corrected chi connectivity index (χ4v) is 1.55. The van der Waals surface area contributed by atoms with Crippen LogP contribution in [-0.2, 0) is 11.3 Å². The lowest BCUT2D eigenvalue weighted by molar-refractivity contribution is 0.141. The van der Waals surface area contributed by atoms with E-state index in [2.05, 4.69) is 15.3 Å². The highest BCUT2D eigenvalue weighted by Gasteiger charge is 2.00. The quantitative estimate of drug-likeness (QED) is 0.876. The maximum Gasteiger partial charge on any atom is 0.407 e. The molecule has 2 aromatic rings. The Hall–Kier alpha value is -2.89. The van der Waals surface area contributed by atoms with Crippen molar-refractivity contribution < 1.29 is 9.53 Å². The number of nitrogen functional groups attached to an aromatic ring is 1. The van der Waals surface area contributed by atoms with E-state index in [1.807, 2.05) is 30.3 Å². The van der Waals surface area contributed by atoms with Gasteiger partial charge in [-0.25, -0.2) is 14.8 Å². The number of hydrogen-bond donors (Lipinski definition) is 2. The highest BCUT2D eigenvalue weighted by molar-refractivity contribution is 5.67. The van der Waals surface area contributed by atoms with Crippen LogP contribution in [0.2, 0.25) is 0 Å². The summed E-state index contributed by atoms with van der Waals surface area (Å²) in [6.45, 7) is 0.611. The highest BCUT2D eigenvalue weighted by Crippen LogP contribution is 2.01. The molecule has 1 aromatic heterocycles. The monoisotopic (exact) mass is 284 g/mol. The Balaban J connectivity index is 1.68. The third-order valence-corrected chi connectivity index (χ3v) is 2.58. The van der Waals surface area contributed by atoms with E-state index in [-0.39, 0.29) is 12.6 Å². The van der Waals surface area contributed by atoms with E-state index >= 15 is 0 Å². The third-order valence-electron chi connectivity index (χ3n) is 2.58. The van der Waals surface area contributed by atoms with Crippen LogP contribution in [0.25, 0.3) is 6.08 Å². The van der Waals surface area contributed by atoms with Gasteiger partial charge < -0.3 is 15.8 Å². The van der Waals surface area contributed by atoms with Crippen molar-refractivity contribution in [3.8, 4) is 0 Å². The van der Waals surface area contributed by atoms with Crippen LogP contribution in [0.3, 0.4) is 0 Å². The molecular weight excluding hydrogens is 268 g/mol. The Morgan fingerprint density at radius 1 is 1.24 bits per heavy atom. The van der Waals surface area contributed by atoms with Crippen LogP contribution in [0.4, 0.5) is 10.7 Å². The molecule has 0 aliphatic rings. The van der Waals surface area contributed by atoms with Gasteiger partial charge in [0.25, 0.3) is 0 Å². The summed E-state index contributed by atoms with van der Waals surface area (Å²) in [5.41, 5.74) is 7.14. The van der Waals surface area contributed by atoms with E-state index in [9.17, 15) is 4.79 Å². The summed E-state index contributed by atoms with van der Waals surface area (Å²) in [5.74, 6) is 0.231. The molecule has 0 saturated heterocycles. The van der Waals surface area contributed by atoms with Crippen LogP contribution in [-0.4, -0.2) is 22.6 Å². The number of nitrogens with one attached hydrogen (secondary N) is 1.